The second kappa shape index (κ2) is 9.28. The zero-order chi connectivity index (χ0) is 20.9. The molecule has 0 atom stereocenters. The average molecular weight is 419 g/mol. The highest BCUT2D eigenvalue weighted by Crippen LogP contribution is 2.24. The molecular formula is C21H26N2O5S. The van der Waals surface area contributed by atoms with Gasteiger partial charge in [-0.15, -0.1) is 0 Å². The zero-order valence-electron chi connectivity index (χ0n) is 16.7. The van der Waals surface area contributed by atoms with Crippen LogP contribution in [0, 0.1) is 6.92 Å². The van der Waals surface area contributed by atoms with Gasteiger partial charge in [-0.2, -0.15) is 4.31 Å². The van der Waals surface area contributed by atoms with Crippen LogP contribution in [0.15, 0.2) is 47.4 Å². The molecule has 1 saturated heterocycles. The van der Waals surface area contributed by atoms with Gasteiger partial charge in [0.2, 0.25) is 10.0 Å². The van der Waals surface area contributed by atoms with Crippen LogP contribution < -0.4 is 14.8 Å². The molecule has 29 heavy (non-hydrogen) atoms. The van der Waals surface area contributed by atoms with Crippen LogP contribution in [0.1, 0.15) is 28.8 Å². The molecule has 2 aromatic rings. The summed E-state index contributed by atoms with van der Waals surface area (Å²) in [6.45, 7) is 3.37. The Morgan fingerprint density at radius 3 is 2.55 bits per heavy atom. The predicted molar refractivity (Wildman–Crippen MR) is 110 cm³/mol. The molecule has 1 N–H and O–H groups in total. The molecule has 0 bridgehead atoms. The van der Waals surface area contributed by atoms with Crippen LogP contribution in [0.3, 0.4) is 0 Å². The van der Waals surface area contributed by atoms with Crippen molar-refractivity contribution in [1.82, 2.24) is 9.62 Å². The Morgan fingerprint density at radius 2 is 1.83 bits per heavy atom. The second-order valence-corrected chi connectivity index (χ2v) is 8.78. The van der Waals surface area contributed by atoms with Gasteiger partial charge in [-0.1, -0.05) is 12.1 Å². The van der Waals surface area contributed by atoms with Crippen LogP contribution in [0.25, 0.3) is 0 Å². The van der Waals surface area contributed by atoms with Gasteiger partial charge in [0.1, 0.15) is 18.1 Å². The lowest BCUT2D eigenvalue weighted by Crippen LogP contribution is -2.30. The Balaban J connectivity index is 1.61. The summed E-state index contributed by atoms with van der Waals surface area (Å²) in [6, 6.07) is 12.0. The highest BCUT2D eigenvalue weighted by atomic mass is 32.2. The quantitative estimate of drug-likeness (QED) is 0.666. The number of hydrogen-bond donors (Lipinski definition) is 1. The van der Waals surface area contributed by atoms with Crippen LogP contribution in [0.5, 0.6) is 11.5 Å². The minimum absolute atomic E-state index is 0.194. The number of benzene rings is 2. The Bertz CT molecular complexity index is 969. The topological polar surface area (TPSA) is 84.9 Å². The third-order valence-corrected chi connectivity index (χ3v) is 6.87. The molecule has 156 valence electrons. The number of amides is 1. The first-order valence-electron chi connectivity index (χ1n) is 9.57. The molecule has 1 heterocycles. The summed E-state index contributed by atoms with van der Waals surface area (Å²) in [6.07, 6.45) is 1.73. The normalized spacial score (nSPS) is 14.6. The summed E-state index contributed by atoms with van der Waals surface area (Å²) >= 11 is 0. The third kappa shape index (κ3) is 5.07. The van der Waals surface area contributed by atoms with Crippen molar-refractivity contribution in [3.63, 3.8) is 0 Å². The first kappa shape index (κ1) is 21.1. The number of carbonyl (C=O) groups excluding carboxylic acids is 1. The summed E-state index contributed by atoms with van der Waals surface area (Å²) in [4.78, 5) is 12.7. The summed E-state index contributed by atoms with van der Waals surface area (Å²) in [5.41, 5.74) is 0.949. The number of ether oxygens (including phenoxy) is 2. The summed E-state index contributed by atoms with van der Waals surface area (Å²) < 4.78 is 38.0. The Labute approximate surface area is 171 Å². The van der Waals surface area contributed by atoms with Crippen molar-refractivity contribution >= 4 is 15.9 Å². The molecule has 1 aliphatic heterocycles. The van der Waals surface area contributed by atoms with E-state index in [0.717, 1.165) is 12.8 Å². The number of sulfonamides is 1. The zero-order valence-corrected chi connectivity index (χ0v) is 17.5. The van der Waals surface area contributed by atoms with E-state index < -0.39 is 10.0 Å². The molecule has 0 radical (unpaired) electrons. The SMILES string of the molecule is COc1cccc(OCCNC(=O)c2ccc(C)c(S(=O)(=O)N3CCCC3)c2)c1. The minimum Gasteiger partial charge on any atom is -0.497 e. The molecule has 0 aromatic heterocycles. The fourth-order valence-corrected chi connectivity index (χ4v) is 4.98. The van der Waals surface area contributed by atoms with E-state index in [1.165, 1.54) is 10.4 Å². The second-order valence-electron chi connectivity index (χ2n) is 6.87. The van der Waals surface area contributed by atoms with Crippen LogP contribution in [-0.2, 0) is 10.0 Å². The van der Waals surface area contributed by atoms with Gasteiger partial charge in [0.05, 0.1) is 18.6 Å². The number of nitrogens with one attached hydrogen (secondary N) is 1. The van der Waals surface area contributed by atoms with Crippen LogP contribution in [-0.4, -0.2) is 52.0 Å². The van der Waals surface area contributed by atoms with Crippen molar-refractivity contribution in [3.8, 4) is 11.5 Å². The third-order valence-electron chi connectivity index (χ3n) is 4.83. The molecule has 2 aromatic carbocycles. The molecule has 8 heteroatoms. The van der Waals surface area contributed by atoms with E-state index in [0.29, 0.717) is 35.7 Å². The van der Waals surface area contributed by atoms with Crippen molar-refractivity contribution in [1.29, 1.82) is 0 Å². The Hall–Kier alpha value is -2.58. The van der Waals surface area contributed by atoms with Gasteiger partial charge in [-0.3, -0.25) is 4.79 Å². The number of aryl methyl sites for hydroxylation is 1. The molecule has 0 aliphatic carbocycles. The monoisotopic (exact) mass is 418 g/mol. The van der Waals surface area contributed by atoms with Crippen molar-refractivity contribution in [2.45, 2.75) is 24.7 Å². The van der Waals surface area contributed by atoms with Gasteiger partial charge < -0.3 is 14.8 Å². The van der Waals surface area contributed by atoms with E-state index in [1.54, 1.807) is 38.3 Å². The molecule has 0 saturated carbocycles. The van der Waals surface area contributed by atoms with Crippen LogP contribution in [0.4, 0.5) is 0 Å². The van der Waals surface area contributed by atoms with Crippen molar-refractivity contribution in [2.75, 3.05) is 33.4 Å². The maximum Gasteiger partial charge on any atom is 0.251 e. The van der Waals surface area contributed by atoms with E-state index in [9.17, 15) is 13.2 Å². The van der Waals surface area contributed by atoms with Crippen molar-refractivity contribution in [2.24, 2.45) is 0 Å². The van der Waals surface area contributed by atoms with Crippen molar-refractivity contribution < 1.29 is 22.7 Å². The summed E-state index contributed by atoms with van der Waals surface area (Å²) in [5.74, 6) is 1.00. The number of carbonyl (C=O) groups is 1. The minimum atomic E-state index is -3.58. The van der Waals surface area contributed by atoms with Gasteiger partial charge in [-0.05, 0) is 49.6 Å². The van der Waals surface area contributed by atoms with Crippen LogP contribution >= 0.6 is 0 Å². The molecular weight excluding hydrogens is 392 g/mol. The summed E-state index contributed by atoms with van der Waals surface area (Å²) in [5, 5.41) is 2.76. The molecule has 1 amide bonds. The lowest BCUT2D eigenvalue weighted by molar-refractivity contribution is 0.0946. The first-order valence-corrected chi connectivity index (χ1v) is 11.0. The molecule has 1 aliphatic rings. The van der Waals surface area contributed by atoms with Crippen molar-refractivity contribution in [3.05, 3.63) is 53.6 Å². The summed E-state index contributed by atoms with van der Waals surface area (Å²) in [7, 11) is -1.99. The molecule has 1 fully saturated rings. The Morgan fingerprint density at radius 1 is 1.10 bits per heavy atom. The molecule has 0 unspecified atom stereocenters. The predicted octanol–water partition coefficient (Wildman–Crippen LogP) is 2.60. The maximum atomic E-state index is 12.9. The van der Waals surface area contributed by atoms with E-state index in [2.05, 4.69) is 5.32 Å². The Kier molecular flexibility index (Phi) is 6.76. The largest absolute Gasteiger partial charge is 0.497 e. The smallest absolute Gasteiger partial charge is 0.251 e. The van der Waals surface area contributed by atoms with Gasteiger partial charge in [-0.25, -0.2) is 8.42 Å². The fraction of sp³-hybridized carbons (Fsp3) is 0.381. The fourth-order valence-electron chi connectivity index (χ4n) is 3.21. The number of methoxy groups -OCH3 is 1. The lowest BCUT2D eigenvalue weighted by Gasteiger charge is -2.18. The maximum absolute atomic E-state index is 12.9. The molecule has 0 spiro atoms. The van der Waals surface area contributed by atoms with Crippen LogP contribution in [0.2, 0.25) is 0 Å². The number of rotatable bonds is 8. The van der Waals surface area contributed by atoms with Gasteiger partial charge in [0.25, 0.3) is 5.91 Å². The first-order chi connectivity index (χ1) is 13.9. The molecule has 3 rings (SSSR count). The highest BCUT2D eigenvalue weighted by Gasteiger charge is 2.29. The lowest BCUT2D eigenvalue weighted by atomic mass is 10.1. The van der Waals surface area contributed by atoms with E-state index in [1.807, 2.05) is 12.1 Å². The van der Waals surface area contributed by atoms with Gasteiger partial charge >= 0.3 is 0 Å². The van der Waals surface area contributed by atoms with Gasteiger partial charge in [0, 0.05) is 24.7 Å². The average Bonchev–Trinajstić information content (AvgIpc) is 3.27. The molecule has 7 nitrogen and oxygen atoms in total. The van der Waals surface area contributed by atoms with E-state index in [-0.39, 0.29) is 24.0 Å². The van der Waals surface area contributed by atoms with Gasteiger partial charge in [0.15, 0.2) is 0 Å². The standard InChI is InChI=1S/C21H26N2O5S/c1-16-8-9-17(14-20(16)29(25,26)23-11-3-4-12-23)21(24)22-10-13-28-19-7-5-6-18(15-19)27-2/h5-9,14-15H,3-4,10-13H2,1-2H3,(H,22,24). The highest BCUT2D eigenvalue weighted by molar-refractivity contribution is 7.89. The van der Waals surface area contributed by atoms with E-state index in [4.69, 9.17) is 9.47 Å². The van der Waals surface area contributed by atoms with E-state index >= 15 is 0 Å². The number of nitrogens with zero attached hydrogens (tertiary/aromatic N) is 1. The number of hydrogen-bond acceptors (Lipinski definition) is 5.